The summed E-state index contributed by atoms with van der Waals surface area (Å²) in [5.74, 6) is -0.365. The van der Waals surface area contributed by atoms with Gasteiger partial charge in [-0.05, 0) is 23.1 Å². The largest absolute Gasteiger partial charge is 0.573 e. The van der Waals surface area contributed by atoms with Crippen LogP contribution in [-0.4, -0.2) is 37.4 Å². The van der Waals surface area contributed by atoms with Gasteiger partial charge in [0.05, 0.1) is 5.02 Å². The van der Waals surface area contributed by atoms with Crippen LogP contribution in [0.3, 0.4) is 0 Å². The second kappa shape index (κ2) is 9.51. The molecule has 0 aromatic heterocycles. The van der Waals surface area contributed by atoms with Gasteiger partial charge < -0.3 is 10.1 Å². The smallest absolute Gasteiger partial charge is 0.404 e. The summed E-state index contributed by atoms with van der Waals surface area (Å²) in [7, 11) is 0. The molecule has 1 N–H and O–H groups in total. The molecule has 0 unspecified atom stereocenters. The van der Waals surface area contributed by atoms with E-state index in [0.717, 1.165) is 31.7 Å². The summed E-state index contributed by atoms with van der Waals surface area (Å²) in [6, 6.07) is 4.62. The molecule has 1 fully saturated rings. The van der Waals surface area contributed by atoms with Crippen molar-refractivity contribution in [2.24, 2.45) is 5.41 Å². The van der Waals surface area contributed by atoms with Crippen LogP contribution < -0.4 is 10.1 Å². The molecule has 1 aliphatic heterocycles. The van der Waals surface area contributed by atoms with Gasteiger partial charge in [0, 0.05) is 32.2 Å². The van der Waals surface area contributed by atoms with Gasteiger partial charge in [0.25, 0.3) is 0 Å². The van der Waals surface area contributed by atoms with Gasteiger partial charge in [0.2, 0.25) is 0 Å². The highest BCUT2D eigenvalue weighted by atomic mass is 35.5. The molecular weight excluding hydrogens is 400 g/mol. The Balaban J connectivity index is 0.00000288. The first-order chi connectivity index (χ1) is 10.6. The predicted molar refractivity (Wildman–Crippen MR) is 99.3 cm³/mol. The third-order valence-corrected chi connectivity index (χ3v) is 4.13. The molecule has 0 amide bonds. The Kier molecular flexibility index (Phi) is 9.36. The second-order valence-electron chi connectivity index (χ2n) is 6.79. The molecule has 2 rings (SSSR count). The van der Waals surface area contributed by atoms with Crippen LogP contribution in [0.15, 0.2) is 18.2 Å². The minimum absolute atomic E-state index is 0. The monoisotopic (exact) mass is 422 g/mol. The zero-order valence-electron chi connectivity index (χ0n) is 14.3. The van der Waals surface area contributed by atoms with Gasteiger partial charge in [0.1, 0.15) is 5.75 Å². The molecule has 0 aliphatic carbocycles. The van der Waals surface area contributed by atoms with Crippen LogP contribution in [-0.2, 0) is 0 Å². The Morgan fingerprint density at radius 1 is 1.12 bits per heavy atom. The summed E-state index contributed by atoms with van der Waals surface area (Å²) in [4.78, 5) is 2.34. The van der Waals surface area contributed by atoms with Gasteiger partial charge in [0.15, 0.2) is 0 Å². The van der Waals surface area contributed by atoms with Gasteiger partial charge in [-0.1, -0.05) is 38.4 Å². The normalized spacial score (nSPS) is 17.2. The molecule has 9 heteroatoms. The molecule has 1 aromatic carbocycles. The van der Waals surface area contributed by atoms with Crippen LogP contribution in [0.1, 0.15) is 32.4 Å². The van der Waals surface area contributed by atoms with Crippen molar-refractivity contribution in [1.82, 2.24) is 10.2 Å². The van der Waals surface area contributed by atoms with Gasteiger partial charge in [-0.3, -0.25) is 4.90 Å². The molecule has 1 aromatic rings. The predicted octanol–water partition coefficient (Wildman–Crippen LogP) is 5.07. The molecule has 25 heavy (non-hydrogen) atoms. The maximum absolute atomic E-state index is 12.4. The van der Waals surface area contributed by atoms with Crippen LogP contribution in [0.25, 0.3) is 0 Å². The van der Waals surface area contributed by atoms with Crippen molar-refractivity contribution in [3.8, 4) is 5.75 Å². The van der Waals surface area contributed by atoms with Crippen molar-refractivity contribution in [1.29, 1.82) is 0 Å². The lowest BCUT2D eigenvalue weighted by atomic mass is 9.81. The third-order valence-electron chi connectivity index (χ3n) is 3.83. The Labute approximate surface area is 164 Å². The van der Waals surface area contributed by atoms with Crippen LogP contribution in [0.4, 0.5) is 13.2 Å². The van der Waals surface area contributed by atoms with E-state index < -0.39 is 6.36 Å². The first-order valence-corrected chi connectivity index (χ1v) is 7.96. The van der Waals surface area contributed by atoms with E-state index in [9.17, 15) is 13.2 Å². The van der Waals surface area contributed by atoms with Crippen molar-refractivity contribution in [2.75, 3.05) is 26.2 Å². The van der Waals surface area contributed by atoms with E-state index in [-0.39, 0.29) is 47.0 Å². The molecule has 1 heterocycles. The lowest BCUT2D eigenvalue weighted by Gasteiger charge is -2.42. The highest BCUT2D eigenvalue weighted by molar-refractivity contribution is 6.32. The Morgan fingerprint density at radius 3 is 2.12 bits per heavy atom. The Hall–Kier alpha value is -0.400. The molecule has 146 valence electrons. The van der Waals surface area contributed by atoms with Gasteiger partial charge in [-0.2, -0.15) is 0 Å². The molecule has 3 nitrogen and oxygen atoms in total. The Morgan fingerprint density at radius 2 is 1.68 bits per heavy atom. The average molecular weight is 424 g/mol. The first kappa shape index (κ1) is 24.6. The fraction of sp³-hybridized carbons (Fsp3) is 0.625. The molecule has 0 saturated carbocycles. The Bertz CT molecular complexity index is 544. The molecule has 1 aliphatic rings. The van der Waals surface area contributed by atoms with Crippen molar-refractivity contribution < 1.29 is 17.9 Å². The highest BCUT2D eigenvalue weighted by Crippen LogP contribution is 2.41. The fourth-order valence-electron chi connectivity index (χ4n) is 3.09. The molecular formula is C16H24Cl3F3N2O. The van der Waals surface area contributed by atoms with Gasteiger partial charge >= 0.3 is 6.36 Å². The van der Waals surface area contributed by atoms with Gasteiger partial charge in [-0.15, -0.1) is 38.0 Å². The topological polar surface area (TPSA) is 24.5 Å². The quantitative estimate of drug-likeness (QED) is 0.734. The zero-order chi connectivity index (χ0) is 17.3. The fourth-order valence-corrected chi connectivity index (χ4v) is 3.32. The van der Waals surface area contributed by atoms with Crippen LogP contribution in [0.5, 0.6) is 5.75 Å². The summed E-state index contributed by atoms with van der Waals surface area (Å²) in [6.45, 7) is 9.93. The van der Waals surface area contributed by atoms with E-state index in [1.165, 1.54) is 6.07 Å². The molecule has 0 spiro atoms. The summed E-state index contributed by atoms with van der Waals surface area (Å²) >= 11 is 6.01. The number of hydrogen-bond donors (Lipinski definition) is 1. The van der Waals surface area contributed by atoms with E-state index in [1.807, 2.05) is 0 Å². The number of ether oxygens (including phenoxy) is 1. The summed E-state index contributed by atoms with van der Waals surface area (Å²) in [5, 5.41) is 3.28. The number of halogens is 6. The number of nitrogens with zero attached hydrogens (tertiary/aromatic N) is 1. The number of hydrogen-bond acceptors (Lipinski definition) is 3. The van der Waals surface area contributed by atoms with E-state index >= 15 is 0 Å². The number of piperazine rings is 1. The molecule has 1 saturated heterocycles. The molecule has 1 atom stereocenters. The molecule has 0 radical (unpaired) electrons. The minimum Gasteiger partial charge on any atom is -0.404 e. The maximum Gasteiger partial charge on any atom is 0.573 e. The van der Waals surface area contributed by atoms with Crippen LogP contribution >= 0.6 is 36.4 Å². The third kappa shape index (κ3) is 7.02. The average Bonchev–Trinajstić information content (AvgIpc) is 2.40. The lowest BCUT2D eigenvalue weighted by molar-refractivity contribution is -0.274. The van der Waals surface area contributed by atoms with E-state index in [1.54, 1.807) is 12.1 Å². The standard InChI is InChI=1S/C16H22ClF3N2O.2ClH/c1-15(2,3)14(22-8-6-21-7-9-22)11-4-5-13(12(17)10-11)23-16(18,19)20;;/h4-5,10,14,21H,6-9H2,1-3H3;2*1H/t14-;;/m0../s1. The summed E-state index contributed by atoms with van der Waals surface area (Å²) in [6.07, 6.45) is -4.74. The highest BCUT2D eigenvalue weighted by Gasteiger charge is 2.35. The van der Waals surface area contributed by atoms with E-state index in [2.05, 4.69) is 35.7 Å². The van der Waals surface area contributed by atoms with Crippen molar-refractivity contribution in [3.05, 3.63) is 28.8 Å². The zero-order valence-corrected chi connectivity index (χ0v) is 16.7. The van der Waals surface area contributed by atoms with E-state index in [4.69, 9.17) is 11.6 Å². The van der Waals surface area contributed by atoms with Crippen LogP contribution in [0.2, 0.25) is 5.02 Å². The SMILES string of the molecule is CC(C)(C)[C@H](c1ccc(OC(F)(F)F)c(Cl)c1)N1CCNCC1.Cl.Cl. The number of nitrogens with one attached hydrogen (secondary N) is 1. The summed E-state index contributed by atoms with van der Waals surface area (Å²) < 4.78 is 41.0. The van der Waals surface area contributed by atoms with Gasteiger partial charge in [-0.25, -0.2) is 0 Å². The minimum atomic E-state index is -4.74. The van der Waals surface area contributed by atoms with Crippen molar-refractivity contribution >= 4 is 36.4 Å². The number of alkyl halides is 3. The maximum atomic E-state index is 12.4. The van der Waals surface area contributed by atoms with Crippen molar-refractivity contribution in [3.63, 3.8) is 0 Å². The lowest BCUT2D eigenvalue weighted by Crippen LogP contribution is -2.48. The summed E-state index contributed by atoms with van der Waals surface area (Å²) in [5.41, 5.74) is 0.825. The number of rotatable bonds is 3. The van der Waals surface area contributed by atoms with Crippen molar-refractivity contribution in [2.45, 2.75) is 33.2 Å². The second-order valence-corrected chi connectivity index (χ2v) is 7.20. The van der Waals surface area contributed by atoms with Crippen LogP contribution in [0, 0.1) is 5.41 Å². The molecule has 0 bridgehead atoms. The van der Waals surface area contributed by atoms with E-state index in [0.29, 0.717) is 0 Å². The number of benzene rings is 1. The first-order valence-electron chi connectivity index (χ1n) is 7.58.